The number of allylic oxidation sites excluding steroid dienone is 3. The van der Waals surface area contributed by atoms with Gasteiger partial charge in [0, 0.05) is 12.8 Å². The molecule has 0 aromatic heterocycles. The van der Waals surface area contributed by atoms with E-state index in [1.807, 2.05) is 6.08 Å². The van der Waals surface area contributed by atoms with Gasteiger partial charge in [0.1, 0.15) is 0 Å². The van der Waals surface area contributed by atoms with Gasteiger partial charge in [0.2, 0.25) is 5.91 Å². The number of carbonyl (C=O) groups is 2. The molecule has 3 N–H and O–H groups in total. The number of hydrogen-bond donors (Lipinski definition) is 3. The largest absolute Gasteiger partial charge is 0.466 e. The summed E-state index contributed by atoms with van der Waals surface area (Å²) < 4.78 is 5.49. The van der Waals surface area contributed by atoms with E-state index in [0.717, 1.165) is 44.9 Å². The Labute approximate surface area is 405 Å². The van der Waals surface area contributed by atoms with Crippen molar-refractivity contribution < 1.29 is 24.5 Å². The topological polar surface area (TPSA) is 95.9 Å². The molecule has 2 unspecified atom stereocenters. The maximum Gasteiger partial charge on any atom is 0.305 e. The molecule has 0 aliphatic rings. The number of ether oxygens (including phenoxy) is 1. The highest BCUT2D eigenvalue weighted by Crippen LogP contribution is 2.17. The van der Waals surface area contributed by atoms with Crippen LogP contribution in [-0.4, -0.2) is 47.4 Å². The van der Waals surface area contributed by atoms with Crippen LogP contribution in [0.2, 0.25) is 0 Å². The number of nitrogens with one attached hydrogen (secondary N) is 1. The Bertz CT molecular complexity index is 1010. The minimum atomic E-state index is -0.843. The Morgan fingerprint density at radius 2 is 0.723 bits per heavy atom. The first kappa shape index (κ1) is 63.3. The van der Waals surface area contributed by atoms with E-state index in [1.165, 1.54) is 244 Å². The van der Waals surface area contributed by atoms with E-state index in [0.29, 0.717) is 19.4 Å². The highest BCUT2D eigenvalue weighted by molar-refractivity contribution is 5.76. The van der Waals surface area contributed by atoms with E-state index in [9.17, 15) is 19.8 Å². The summed E-state index contributed by atoms with van der Waals surface area (Å²) >= 11 is 0. The summed E-state index contributed by atoms with van der Waals surface area (Å²) in [6.07, 6.45) is 66.4. The molecular formula is C59H113NO5. The van der Waals surface area contributed by atoms with Crippen LogP contribution in [0.5, 0.6) is 0 Å². The first-order chi connectivity index (χ1) is 32.0. The zero-order chi connectivity index (χ0) is 47.2. The summed E-state index contributed by atoms with van der Waals surface area (Å²) in [5.41, 5.74) is 0. The Morgan fingerprint density at radius 3 is 1.09 bits per heavy atom. The van der Waals surface area contributed by atoms with E-state index in [-0.39, 0.29) is 18.5 Å². The molecule has 65 heavy (non-hydrogen) atoms. The van der Waals surface area contributed by atoms with Gasteiger partial charge in [-0.3, -0.25) is 9.59 Å². The van der Waals surface area contributed by atoms with Crippen LogP contribution < -0.4 is 5.32 Å². The van der Waals surface area contributed by atoms with E-state index in [2.05, 4.69) is 31.3 Å². The minimum absolute atomic E-state index is 0.00696. The first-order valence-electron chi connectivity index (χ1n) is 29.1. The van der Waals surface area contributed by atoms with Gasteiger partial charge in [-0.1, -0.05) is 269 Å². The van der Waals surface area contributed by atoms with Crippen molar-refractivity contribution in [3.05, 3.63) is 24.3 Å². The molecule has 6 nitrogen and oxygen atoms in total. The molecule has 0 saturated heterocycles. The molecule has 0 spiro atoms. The molecule has 0 rings (SSSR count). The summed E-state index contributed by atoms with van der Waals surface area (Å²) in [7, 11) is 0. The number of carbonyl (C=O) groups excluding carboxylic acids is 2. The molecule has 0 aromatic rings. The lowest BCUT2D eigenvalue weighted by Crippen LogP contribution is -2.45. The van der Waals surface area contributed by atoms with Crippen LogP contribution in [0.25, 0.3) is 0 Å². The van der Waals surface area contributed by atoms with Gasteiger partial charge in [-0.05, 0) is 57.8 Å². The van der Waals surface area contributed by atoms with Crippen molar-refractivity contribution in [2.75, 3.05) is 13.2 Å². The molecule has 0 heterocycles. The quantitative estimate of drug-likeness (QED) is 0.0321. The van der Waals surface area contributed by atoms with Crippen LogP contribution in [0, 0.1) is 0 Å². The summed E-state index contributed by atoms with van der Waals surface area (Å²) in [5, 5.41) is 23.0. The van der Waals surface area contributed by atoms with Gasteiger partial charge in [0.15, 0.2) is 0 Å². The van der Waals surface area contributed by atoms with Crippen molar-refractivity contribution in [1.29, 1.82) is 0 Å². The Kier molecular flexibility index (Phi) is 53.5. The smallest absolute Gasteiger partial charge is 0.305 e. The predicted octanol–water partition coefficient (Wildman–Crippen LogP) is 17.9. The third-order valence-corrected chi connectivity index (χ3v) is 13.5. The maximum atomic E-state index is 12.4. The van der Waals surface area contributed by atoms with Crippen molar-refractivity contribution in [3.8, 4) is 0 Å². The fourth-order valence-corrected chi connectivity index (χ4v) is 8.98. The van der Waals surface area contributed by atoms with Crippen LogP contribution >= 0.6 is 0 Å². The molecule has 0 aliphatic carbocycles. The van der Waals surface area contributed by atoms with Crippen molar-refractivity contribution in [1.82, 2.24) is 5.32 Å². The van der Waals surface area contributed by atoms with E-state index in [1.54, 1.807) is 6.08 Å². The van der Waals surface area contributed by atoms with Gasteiger partial charge in [-0.2, -0.15) is 0 Å². The van der Waals surface area contributed by atoms with E-state index >= 15 is 0 Å². The van der Waals surface area contributed by atoms with Gasteiger partial charge in [-0.25, -0.2) is 0 Å². The van der Waals surface area contributed by atoms with Gasteiger partial charge < -0.3 is 20.3 Å². The summed E-state index contributed by atoms with van der Waals surface area (Å²) in [6, 6.07) is -0.627. The van der Waals surface area contributed by atoms with E-state index < -0.39 is 12.1 Å². The monoisotopic (exact) mass is 916 g/mol. The summed E-state index contributed by atoms with van der Waals surface area (Å²) in [6.45, 7) is 4.89. The van der Waals surface area contributed by atoms with Crippen molar-refractivity contribution in [2.45, 2.75) is 328 Å². The fraction of sp³-hybridized carbons (Fsp3) is 0.898. The second kappa shape index (κ2) is 54.9. The zero-order valence-electron chi connectivity index (χ0n) is 43.7. The number of aliphatic hydroxyl groups excluding tert-OH is 2. The number of rotatable bonds is 54. The van der Waals surface area contributed by atoms with Crippen LogP contribution in [0.15, 0.2) is 24.3 Å². The van der Waals surface area contributed by atoms with Crippen LogP contribution in [0.4, 0.5) is 0 Å². The highest BCUT2D eigenvalue weighted by Gasteiger charge is 2.18. The standard InChI is InChI=1S/C59H113NO5/c1-3-5-7-9-11-13-15-16-17-18-24-27-30-33-37-41-45-49-53-59(64)65-54-50-46-42-38-34-31-28-25-22-20-19-21-23-26-29-32-36-40-44-48-52-58(63)60-56(55-61)57(62)51-47-43-39-35-14-12-10-8-6-4-2/h17-18,47,51,56-57,61-62H,3-16,19-46,48-50,52-55H2,1-2H3,(H,60,63)/b18-17-,51-47+. The third kappa shape index (κ3) is 51.6. The first-order valence-corrected chi connectivity index (χ1v) is 29.1. The lowest BCUT2D eigenvalue weighted by molar-refractivity contribution is -0.143. The average Bonchev–Trinajstić information content (AvgIpc) is 3.31. The van der Waals surface area contributed by atoms with Gasteiger partial charge in [0.05, 0.1) is 25.4 Å². The summed E-state index contributed by atoms with van der Waals surface area (Å²) in [4.78, 5) is 24.5. The normalized spacial score (nSPS) is 12.7. The Hall–Kier alpha value is -1.66. The molecule has 0 bridgehead atoms. The van der Waals surface area contributed by atoms with Crippen molar-refractivity contribution in [2.24, 2.45) is 0 Å². The number of unbranched alkanes of at least 4 members (excludes halogenated alkanes) is 41. The SMILES string of the molecule is CCCCCCCCC/C=C\CCCCCCCCCC(=O)OCCCCCCCCCCCCCCCCCCCCCCC(=O)NC(CO)C(O)/C=C/CCCCCCCCCC. The molecule has 0 radical (unpaired) electrons. The zero-order valence-corrected chi connectivity index (χ0v) is 43.7. The molecule has 6 heteroatoms. The lowest BCUT2D eigenvalue weighted by atomic mass is 10.0. The third-order valence-electron chi connectivity index (χ3n) is 13.5. The number of esters is 1. The number of aliphatic hydroxyl groups is 2. The summed E-state index contributed by atoms with van der Waals surface area (Å²) in [5.74, 6) is -0.0643. The van der Waals surface area contributed by atoms with E-state index in [4.69, 9.17) is 4.74 Å². The second-order valence-corrected chi connectivity index (χ2v) is 20.0. The number of hydrogen-bond acceptors (Lipinski definition) is 5. The van der Waals surface area contributed by atoms with Gasteiger partial charge >= 0.3 is 5.97 Å². The molecule has 2 atom stereocenters. The second-order valence-electron chi connectivity index (χ2n) is 20.0. The Morgan fingerprint density at radius 1 is 0.415 bits per heavy atom. The molecular weight excluding hydrogens is 803 g/mol. The van der Waals surface area contributed by atoms with Gasteiger partial charge in [-0.15, -0.1) is 0 Å². The average molecular weight is 917 g/mol. The molecule has 384 valence electrons. The highest BCUT2D eigenvalue weighted by atomic mass is 16.5. The Balaban J connectivity index is 3.37. The molecule has 0 aromatic carbocycles. The fourth-order valence-electron chi connectivity index (χ4n) is 8.98. The maximum absolute atomic E-state index is 12.4. The molecule has 1 amide bonds. The molecule has 0 fully saturated rings. The van der Waals surface area contributed by atoms with Crippen molar-refractivity contribution >= 4 is 11.9 Å². The van der Waals surface area contributed by atoms with Gasteiger partial charge in [0.25, 0.3) is 0 Å². The predicted molar refractivity (Wildman–Crippen MR) is 283 cm³/mol. The molecule has 0 saturated carbocycles. The minimum Gasteiger partial charge on any atom is -0.466 e. The molecule has 0 aliphatic heterocycles. The number of amides is 1. The van der Waals surface area contributed by atoms with Crippen molar-refractivity contribution in [3.63, 3.8) is 0 Å². The lowest BCUT2D eigenvalue weighted by Gasteiger charge is -2.20. The van der Waals surface area contributed by atoms with Crippen LogP contribution in [0.3, 0.4) is 0 Å². The van der Waals surface area contributed by atoms with Crippen LogP contribution in [0.1, 0.15) is 316 Å². The van der Waals surface area contributed by atoms with Crippen LogP contribution in [-0.2, 0) is 14.3 Å².